The number of amides is 1. The Morgan fingerprint density at radius 1 is 1.53 bits per heavy atom. The number of carbonyl (C=O) groups excluding carboxylic acids is 1. The van der Waals surface area contributed by atoms with Gasteiger partial charge >= 0.3 is 5.91 Å². The molecule has 0 saturated carbocycles. The lowest BCUT2D eigenvalue weighted by Gasteiger charge is -2.21. The molecule has 94 valence electrons. The largest absolute Gasteiger partial charge is 0.456 e. The van der Waals surface area contributed by atoms with Gasteiger partial charge < -0.3 is 9.15 Å². The summed E-state index contributed by atoms with van der Waals surface area (Å²) in [4.78, 5) is 16.8. The molecular formula is C12H17NO4. The van der Waals surface area contributed by atoms with Gasteiger partial charge in [-0.15, -0.1) is 0 Å². The molecule has 5 nitrogen and oxygen atoms in total. The third kappa shape index (κ3) is 3.31. The van der Waals surface area contributed by atoms with Crippen molar-refractivity contribution in [3.8, 4) is 0 Å². The predicted octanol–water partition coefficient (Wildman–Crippen LogP) is 2.03. The van der Waals surface area contributed by atoms with E-state index in [1.165, 1.54) is 0 Å². The molecule has 1 unspecified atom stereocenters. The Labute approximate surface area is 100 Å². The van der Waals surface area contributed by atoms with Crippen LogP contribution in [0.2, 0.25) is 0 Å². The minimum Gasteiger partial charge on any atom is -0.456 e. The van der Waals surface area contributed by atoms with E-state index in [9.17, 15) is 4.79 Å². The molecule has 17 heavy (non-hydrogen) atoms. The van der Waals surface area contributed by atoms with Gasteiger partial charge in [0.1, 0.15) is 5.76 Å². The fourth-order valence-corrected chi connectivity index (χ4v) is 1.66. The maximum Gasteiger partial charge on any atom is 0.310 e. The van der Waals surface area contributed by atoms with Gasteiger partial charge in [0.15, 0.2) is 12.1 Å². The van der Waals surface area contributed by atoms with E-state index >= 15 is 0 Å². The normalized spacial score (nSPS) is 20.2. The van der Waals surface area contributed by atoms with Gasteiger partial charge in [-0.05, 0) is 25.0 Å². The molecule has 2 heterocycles. The van der Waals surface area contributed by atoms with Crippen molar-refractivity contribution in [2.75, 3.05) is 6.61 Å². The van der Waals surface area contributed by atoms with Crippen molar-refractivity contribution in [3.63, 3.8) is 0 Å². The van der Waals surface area contributed by atoms with Crippen molar-refractivity contribution >= 4 is 5.91 Å². The van der Waals surface area contributed by atoms with E-state index in [0.717, 1.165) is 31.4 Å². The number of carbonyl (C=O) groups is 1. The number of ether oxygens (including phenoxy) is 1. The third-order valence-corrected chi connectivity index (χ3v) is 2.65. The van der Waals surface area contributed by atoms with Gasteiger partial charge in [-0.25, -0.2) is 10.3 Å². The first kappa shape index (κ1) is 12.1. The second-order valence-corrected chi connectivity index (χ2v) is 3.96. The van der Waals surface area contributed by atoms with Gasteiger partial charge in [-0.2, -0.15) is 0 Å². The number of hydrogen-bond acceptors (Lipinski definition) is 4. The van der Waals surface area contributed by atoms with Gasteiger partial charge in [0.05, 0.1) is 0 Å². The Kier molecular flexibility index (Phi) is 4.17. The number of hydroxylamine groups is 1. The van der Waals surface area contributed by atoms with Crippen molar-refractivity contribution in [3.05, 3.63) is 23.7 Å². The van der Waals surface area contributed by atoms with E-state index in [1.54, 1.807) is 12.1 Å². The first-order valence-corrected chi connectivity index (χ1v) is 5.96. The maximum absolute atomic E-state index is 11.6. The molecule has 1 amide bonds. The molecule has 1 atom stereocenters. The highest BCUT2D eigenvalue weighted by molar-refractivity contribution is 5.90. The topological polar surface area (TPSA) is 60.7 Å². The van der Waals surface area contributed by atoms with Crippen LogP contribution in [0.4, 0.5) is 0 Å². The minimum absolute atomic E-state index is 0.262. The molecule has 0 radical (unpaired) electrons. The van der Waals surface area contributed by atoms with Crippen molar-refractivity contribution in [1.82, 2.24) is 5.48 Å². The van der Waals surface area contributed by atoms with E-state index < -0.39 is 0 Å². The number of aryl methyl sites for hydroxylation is 1. The third-order valence-electron chi connectivity index (χ3n) is 2.65. The lowest BCUT2D eigenvalue weighted by atomic mass is 10.2. The molecule has 2 rings (SSSR count). The summed E-state index contributed by atoms with van der Waals surface area (Å²) < 4.78 is 10.6. The second-order valence-electron chi connectivity index (χ2n) is 3.96. The molecule has 5 heteroatoms. The van der Waals surface area contributed by atoms with Crippen LogP contribution < -0.4 is 5.48 Å². The van der Waals surface area contributed by atoms with Crippen LogP contribution in [0.15, 0.2) is 16.5 Å². The van der Waals surface area contributed by atoms with Gasteiger partial charge in [0, 0.05) is 19.4 Å². The molecule has 1 aliphatic heterocycles. The van der Waals surface area contributed by atoms with E-state index in [2.05, 4.69) is 5.48 Å². The molecule has 1 saturated heterocycles. The van der Waals surface area contributed by atoms with Crippen molar-refractivity contribution in [2.45, 2.75) is 38.9 Å². The molecule has 0 spiro atoms. The molecule has 1 aliphatic rings. The van der Waals surface area contributed by atoms with Crippen molar-refractivity contribution < 1.29 is 18.8 Å². The fourth-order valence-electron chi connectivity index (χ4n) is 1.66. The molecule has 1 N–H and O–H groups in total. The van der Waals surface area contributed by atoms with Gasteiger partial charge in [-0.3, -0.25) is 4.79 Å². The summed E-state index contributed by atoms with van der Waals surface area (Å²) in [7, 11) is 0. The molecular weight excluding hydrogens is 222 g/mol. The predicted molar refractivity (Wildman–Crippen MR) is 60.2 cm³/mol. The number of furan rings is 1. The zero-order chi connectivity index (χ0) is 12.1. The van der Waals surface area contributed by atoms with Crippen LogP contribution in [-0.2, 0) is 16.0 Å². The van der Waals surface area contributed by atoms with Crippen LogP contribution >= 0.6 is 0 Å². The van der Waals surface area contributed by atoms with E-state index in [4.69, 9.17) is 14.0 Å². The van der Waals surface area contributed by atoms with Gasteiger partial charge in [0.25, 0.3) is 0 Å². The first-order valence-electron chi connectivity index (χ1n) is 5.96. The number of nitrogens with one attached hydrogen (secondary N) is 1. The zero-order valence-corrected chi connectivity index (χ0v) is 9.90. The van der Waals surface area contributed by atoms with E-state index in [1.807, 2.05) is 6.92 Å². The number of rotatable bonds is 4. The summed E-state index contributed by atoms with van der Waals surface area (Å²) in [6, 6.07) is 3.42. The van der Waals surface area contributed by atoms with Gasteiger partial charge in [0.2, 0.25) is 0 Å². The highest BCUT2D eigenvalue weighted by Crippen LogP contribution is 2.13. The Hall–Kier alpha value is -1.33. The Bertz CT molecular complexity index is 368. The Morgan fingerprint density at radius 2 is 2.41 bits per heavy atom. The average molecular weight is 239 g/mol. The van der Waals surface area contributed by atoms with Crippen molar-refractivity contribution in [2.24, 2.45) is 0 Å². The average Bonchev–Trinajstić information content (AvgIpc) is 2.86. The molecule has 0 aliphatic carbocycles. The summed E-state index contributed by atoms with van der Waals surface area (Å²) in [6.45, 7) is 2.65. The van der Waals surface area contributed by atoms with Crippen LogP contribution in [0, 0.1) is 0 Å². The summed E-state index contributed by atoms with van der Waals surface area (Å²) in [5.41, 5.74) is 2.35. The van der Waals surface area contributed by atoms with E-state index in [-0.39, 0.29) is 18.0 Å². The minimum atomic E-state index is -0.376. The van der Waals surface area contributed by atoms with Crippen LogP contribution in [0.5, 0.6) is 0 Å². The summed E-state index contributed by atoms with van der Waals surface area (Å²) in [5.74, 6) is 0.667. The standard InChI is InChI=1S/C12H17NO4/c1-2-9-6-7-10(16-9)12(14)13-17-11-5-3-4-8-15-11/h6-7,11H,2-5,8H2,1H3,(H,13,14). The van der Waals surface area contributed by atoms with Crippen molar-refractivity contribution in [1.29, 1.82) is 0 Å². The fraction of sp³-hybridized carbons (Fsp3) is 0.583. The molecule has 0 aromatic carbocycles. The molecule has 1 aromatic heterocycles. The molecule has 1 fully saturated rings. The Balaban J connectivity index is 1.80. The molecule has 0 bridgehead atoms. The first-order chi connectivity index (χ1) is 8.29. The number of hydrogen-bond donors (Lipinski definition) is 1. The zero-order valence-electron chi connectivity index (χ0n) is 9.90. The maximum atomic E-state index is 11.6. The second kappa shape index (κ2) is 5.84. The summed E-state index contributed by atoms with van der Waals surface area (Å²) in [5, 5.41) is 0. The Morgan fingerprint density at radius 3 is 3.06 bits per heavy atom. The molecule has 1 aromatic rings. The summed E-state index contributed by atoms with van der Waals surface area (Å²) >= 11 is 0. The smallest absolute Gasteiger partial charge is 0.310 e. The van der Waals surface area contributed by atoms with Gasteiger partial charge in [-0.1, -0.05) is 6.92 Å². The van der Waals surface area contributed by atoms with Crippen LogP contribution in [0.1, 0.15) is 42.5 Å². The van der Waals surface area contributed by atoms with Crippen LogP contribution in [-0.4, -0.2) is 18.8 Å². The SMILES string of the molecule is CCc1ccc(C(=O)NOC2CCCCO2)o1. The van der Waals surface area contributed by atoms with E-state index in [0.29, 0.717) is 6.61 Å². The lowest BCUT2D eigenvalue weighted by Crippen LogP contribution is -2.32. The summed E-state index contributed by atoms with van der Waals surface area (Å²) in [6.07, 6.45) is 3.33. The van der Waals surface area contributed by atoms with Crippen LogP contribution in [0.25, 0.3) is 0 Å². The lowest BCUT2D eigenvalue weighted by molar-refractivity contribution is -0.187. The quantitative estimate of drug-likeness (QED) is 0.817. The highest BCUT2D eigenvalue weighted by Gasteiger charge is 2.17. The monoisotopic (exact) mass is 239 g/mol. The van der Waals surface area contributed by atoms with Crippen LogP contribution in [0.3, 0.4) is 0 Å². The highest BCUT2D eigenvalue weighted by atomic mass is 16.8.